The Bertz CT molecular complexity index is 577. The van der Waals surface area contributed by atoms with E-state index in [9.17, 15) is 4.79 Å². The molecule has 0 saturated carbocycles. The smallest absolute Gasteiger partial charge is 0.328 e. The normalized spacial score (nSPS) is 19.9. The van der Waals surface area contributed by atoms with Crippen LogP contribution in [0.5, 0.6) is 0 Å². The minimum atomic E-state index is -0.901. The van der Waals surface area contributed by atoms with Crippen molar-refractivity contribution < 1.29 is 9.90 Å². The Hall–Kier alpha value is -1.57. The van der Waals surface area contributed by atoms with Gasteiger partial charge < -0.3 is 5.11 Å². The number of carbonyl (C=O) groups is 1. The molecule has 2 heteroatoms. The zero-order valence-electron chi connectivity index (χ0n) is 13.1. The number of hydrogen-bond donors (Lipinski definition) is 1. The van der Waals surface area contributed by atoms with Gasteiger partial charge in [-0.1, -0.05) is 39.8 Å². The third-order valence-electron chi connectivity index (χ3n) is 4.64. The van der Waals surface area contributed by atoms with E-state index in [2.05, 4.69) is 46.8 Å². The monoisotopic (exact) mass is 272 g/mol. The van der Waals surface area contributed by atoms with Crippen LogP contribution < -0.4 is 0 Å². The summed E-state index contributed by atoms with van der Waals surface area (Å²) in [6, 6.07) is 4.43. The molecule has 1 aromatic rings. The lowest BCUT2D eigenvalue weighted by atomic mass is 9.62. The summed E-state index contributed by atoms with van der Waals surface area (Å²) in [4.78, 5) is 10.7. The Kier molecular flexibility index (Phi) is 3.53. The first-order valence-electron chi connectivity index (χ1n) is 7.20. The van der Waals surface area contributed by atoms with Crippen LogP contribution in [0.15, 0.2) is 18.2 Å². The molecule has 0 saturated heterocycles. The Morgan fingerprint density at radius 1 is 1.10 bits per heavy atom. The first-order chi connectivity index (χ1) is 9.13. The minimum absolute atomic E-state index is 0.157. The number of fused-ring (bicyclic) bond motifs is 1. The molecule has 1 aromatic carbocycles. The Labute approximate surface area is 121 Å². The maximum Gasteiger partial charge on any atom is 0.328 e. The molecule has 2 nitrogen and oxygen atoms in total. The summed E-state index contributed by atoms with van der Waals surface area (Å²) >= 11 is 0. The second-order valence-corrected chi connectivity index (χ2v) is 7.19. The highest BCUT2D eigenvalue weighted by molar-refractivity contribution is 5.85. The first kappa shape index (κ1) is 14.8. The van der Waals surface area contributed by atoms with Crippen LogP contribution in [0.25, 0.3) is 6.08 Å². The number of aliphatic carboxylic acids is 1. The molecular weight excluding hydrogens is 248 g/mol. The third kappa shape index (κ3) is 2.65. The molecule has 0 unspecified atom stereocenters. The fourth-order valence-electron chi connectivity index (χ4n) is 3.08. The number of carboxylic acids is 1. The number of rotatable bonds is 2. The third-order valence-corrected chi connectivity index (χ3v) is 4.64. The van der Waals surface area contributed by atoms with E-state index in [-0.39, 0.29) is 10.8 Å². The van der Waals surface area contributed by atoms with E-state index in [0.717, 1.165) is 17.5 Å². The number of aryl methyl sites for hydroxylation is 1. The predicted molar refractivity (Wildman–Crippen MR) is 83.1 cm³/mol. The van der Waals surface area contributed by atoms with Crippen molar-refractivity contribution in [3.63, 3.8) is 0 Å². The number of carboxylic acid groups (broad SMARTS) is 1. The van der Waals surface area contributed by atoms with Crippen LogP contribution in [-0.2, 0) is 15.6 Å². The quantitative estimate of drug-likeness (QED) is 0.808. The van der Waals surface area contributed by atoms with E-state index >= 15 is 0 Å². The molecule has 108 valence electrons. The Morgan fingerprint density at radius 3 is 2.10 bits per heavy atom. The second kappa shape index (κ2) is 4.76. The largest absolute Gasteiger partial charge is 0.478 e. The molecule has 2 rings (SSSR count). The van der Waals surface area contributed by atoms with Crippen LogP contribution >= 0.6 is 0 Å². The lowest BCUT2D eigenvalue weighted by Crippen LogP contribution is -2.34. The lowest BCUT2D eigenvalue weighted by molar-refractivity contribution is -0.131. The van der Waals surface area contributed by atoms with Crippen LogP contribution in [0.1, 0.15) is 62.8 Å². The van der Waals surface area contributed by atoms with Gasteiger partial charge in [0.2, 0.25) is 0 Å². The van der Waals surface area contributed by atoms with Gasteiger partial charge in [0.25, 0.3) is 0 Å². The SMILES string of the molecule is Cc1cc2c(cc1/C=C/C(=O)O)C(C)(C)CCC2(C)C. The summed E-state index contributed by atoms with van der Waals surface area (Å²) in [6.45, 7) is 11.2. The van der Waals surface area contributed by atoms with E-state index < -0.39 is 5.97 Å². The van der Waals surface area contributed by atoms with Crippen molar-refractivity contribution in [2.24, 2.45) is 0 Å². The molecule has 20 heavy (non-hydrogen) atoms. The fraction of sp³-hybridized carbons (Fsp3) is 0.500. The van der Waals surface area contributed by atoms with Crippen LogP contribution in [0, 0.1) is 6.92 Å². The first-order valence-corrected chi connectivity index (χ1v) is 7.20. The van der Waals surface area contributed by atoms with Crippen molar-refractivity contribution in [1.29, 1.82) is 0 Å². The van der Waals surface area contributed by atoms with E-state index in [1.807, 2.05) is 0 Å². The van der Waals surface area contributed by atoms with Crippen molar-refractivity contribution in [1.82, 2.24) is 0 Å². The van der Waals surface area contributed by atoms with Crippen molar-refractivity contribution >= 4 is 12.0 Å². The molecule has 0 aromatic heterocycles. The standard InChI is InChI=1S/C18H24O2/c1-12-10-14-15(11-13(12)6-7-16(19)20)18(4,5)9-8-17(14,2)3/h6-7,10-11H,8-9H2,1-5H3,(H,19,20)/b7-6+. The summed E-state index contributed by atoms with van der Waals surface area (Å²) in [5, 5.41) is 8.80. The molecule has 1 aliphatic carbocycles. The highest BCUT2D eigenvalue weighted by Gasteiger charge is 2.37. The van der Waals surface area contributed by atoms with Crippen molar-refractivity contribution in [3.8, 4) is 0 Å². The molecule has 1 aliphatic rings. The van der Waals surface area contributed by atoms with Gasteiger partial charge in [-0.05, 0) is 58.9 Å². The molecule has 0 spiro atoms. The average molecular weight is 272 g/mol. The number of benzene rings is 1. The molecule has 0 aliphatic heterocycles. The fourth-order valence-corrected chi connectivity index (χ4v) is 3.08. The summed E-state index contributed by atoms with van der Waals surface area (Å²) in [6.07, 6.45) is 5.28. The zero-order valence-corrected chi connectivity index (χ0v) is 13.1. The minimum Gasteiger partial charge on any atom is -0.478 e. The van der Waals surface area contributed by atoms with Gasteiger partial charge in [-0.2, -0.15) is 0 Å². The summed E-state index contributed by atoms with van der Waals surface area (Å²) in [7, 11) is 0. The molecule has 1 N–H and O–H groups in total. The van der Waals surface area contributed by atoms with Crippen molar-refractivity contribution in [3.05, 3.63) is 40.5 Å². The second-order valence-electron chi connectivity index (χ2n) is 7.19. The van der Waals surface area contributed by atoms with Gasteiger partial charge in [0.1, 0.15) is 0 Å². The van der Waals surface area contributed by atoms with Crippen LogP contribution in [0.4, 0.5) is 0 Å². The molecule has 0 fully saturated rings. The van der Waals surface area contributed by atoms with Crippen LogP contribution in [0.3, 0.4) is 0 Å². The number of hydrogen-bond acceptors (Lipinski definition) is 1. The summed E-state index contributed by atoms with van der Waals surface area (Å²) in [5.74, 6) is -0.901. The molecular formula is C18H24O2. The molecule has 0 radical (unpaired) electrons. The van der Waals surface area contributed by atoms with Gasteiger partial charge in [-0.15, -0.1) is 0 Å². The maximum absolute atomic E-state index is 10.7. The van der Waals surface area contributed by atoms with Gasteiger partial charge in [0.15, 0.2) is 0 Å². The highest BCUT2D eigenvalue weighted by atomic mass is 16.4. The van der Waals surface area contributed by atoms with Crippen molar-refractivity contribution in [2.75, 3.05) is 0 Å². The predicted octanol–water partition coefficient (Wildman–Crippen LogP) is 4.44. The summed E-state index contributed by atoms with van der Waals surface area (Å²) < 4.78 is 0. The Morgan fingerprint density at radius 2 is 1.60 bits per heavy atom. The van der Waals surface area contributed by atoms with E-state index in [4.69, 9.17) is 5.11 Å². The molecule has 0 amide bonds. The van der Waals surface area contributed by atoms with Gasteiger partial charge >= 0.3 is 5.97 Å². The highest BCUT2D eigenvalue weighted by Crippen LogP contribution is 2.46. The topological polar surface area (TPSA) is 37.3 Å². The Balaban J connectivity index is 2.60. The molecule has 0 bridgehead atoms. The van der Waals surface area contributed by atoms with Crippen LogP contribution in [-0.4, -0.2) is 11.1 Å². The summed E-state index contributed by atoms with van der Waals surface area (Å²) in [5.41, 5.74) is 5.29. The zero-order chi connectivity index (χ0) is 15.1. The van der Waals surface area contributed by atoms with Gasteiger partial charge in [-0.25, -0.2) is 4.79 Å². The van der Waals surface area contributed by atoms with Crippen LogP contribution in [0.2, 0.25) is 0 Å². The van der Waals surface area contributed by atoms with E-state index in [0.29, 0.717) is 0 Å². The maximum atomic E-state index is 10.7. The molecule has 0 heterocycles. The van der Waals surface area contributed by atoms with Gasteiger partial charge in [0, 0.05) is 6.08 Å². The molecule has 0 atom stereocenters. The van der Waals surface area contributed by atoms with Gasteiger partial charge in [-0.3, -0.25) is 0 Å². The average Bonchev–Trinajstić information content (AvgIpc) is 2.33. The van der Waals surface area contributed by atoms with E-state index in [1.54, 1.807) is 6.08 Å². The van der Waals surface area contributed by atoms with Gasteiger partial charge in [0.05, 0.1) is 0 Å². The van der Waals surface area contributed by atoms with Crippen molar-refractivity contribution in [2.45, 2.75) is 58.3 Å². The lowest BCUT2D eigenvalue weighted by Gasteiger charge is -2.42. The van der Waals surface area contributed by atoms with E-state index in [1.165, 1.54) is 23.6 Å².